The van der Waals surface area contributed by atoms with E-state index in [0.29, 0.717) is 18.4 Å². The molecule has 8 nitrogen and oxygen atoms in total. The summed E-state index contributed by atoms with van der Waals surface area (Å²) in [6.07, 6.45) is 1.08. The van der Waals surface area contributed by atoms with Crippen molar-refractivity contribution in [1.29, 1.82) is 0 Å². The third kappa shape index (κ3) is 8.11. The number of carboxylic acid groups (broad SMARTS) is 2. The number of esters is 1. The molecule has 210 valence electrons. The van der Waals surface area contributed by atoms with Gasteiger partial charge in [-0.1, -0.05) is 78.9 Å². The van der Waals surface area contributed by atoms with E-state index in [1.165, 1.54) is 26.0 Å². The summed E-state index contributed by atoms with van der Waals surface area (Å²) in [6, 6.07) is 28.8. The molecule has 0 fully saturated rings. The number of carbonyl (C=O) groups is 3. The second kappa shape index (κ2) is 13.0. The Morgan fingerprint density at radius 3 is 1.68 bits per heavy atom. The van der Waals surface area contributed by atoms with Gasteiger partial charge < -0.3 is 14.9 Å². The molecule has 0 aliphatic rings. The summed E-state index contributed by atoms with van der Waals surface area (Å²) in [6.45, 7) is 2.63. The van der Waals surface area contributed by atoms with Gasteiger partial charge in [-0.25, -0.2) is 19.3 Å². The number of carboxylic acids is 2. The molecular formula is C33H30O8. The van der Waals surface area contributed by atoms with Crippen LogP contribution in [-0.4, -0.2) is 33.9 Å². The Hall–Kier alpha value is -4.79. The Labute approximate surface area is 237 Å². The number of aromatic carboxylic acids is 2. The first-order valence-corrected chi connectivity index (χ1v) is 12.9. The lowest BCUT2D eigenvalue weighted by atomic mass is 9.99. The lowest BCUT2D eigenvalue weighted by Crippen LogP contribution is -2.32. The highest BCUT2D eigenvalue weighted by Crippen LogP contribution is 2.22. The number of benzene rings is 4. The molecule has 41 heavy (non-hydrogen) atoms. The second-order valence-electron chi connectivity index (χ2n) is 9.94. The van der Waals surface area contributed by atoms with E-state index in [1.54, 1.807) is 18.2 Å². The molecule has 0 aromatic heterocycles. The van der Waals surface area contributed by atoms with Crippen molar-refractivity contribution in [3.8, 4) is 0 Å². The fraction of sp³-hybridized carbons (Fsp3) is 0.182. The van der Waals surface area contributed by atoms with Crippen LogP contribution < -0.4 is 0 Å². The Balaban J connectivity index is 1.39. The van der Waals surface area contributed by atoms with Gasteiger partial charge in [0.15, 0.2) is 0 Å². The van der Waals surface area contributed by atoms with Crippen molar-refractivity contribution >= 4 is 17.9 Å². The molecule has 4 aromatic carbocycles. The molecule has 0 aliphatic heterocycles. The predicted octanol–water partition coefficient (Wildman–Crippen LogP) is 6.31. The lowest BCUT2D eigenvalue weighted by molar-refractivity contribution is -0.411. The van der Waals surface area contributed by atoms with Crippen molar-refractivity contribution in [3.05, 3.63) is 142 Å². The van der Waals surface area contributed by atoms with Crippen LogP contribution >= 0.6 is 0 Å². The van der Waals surface area contributed by atoms with Gasteiger partial charge in [-0.05, 0) is 58.9 Å². The molecular weight excluding hydrogens is 524 g/mol. The summed E-state index contributed by atoms with van der Waals surface area (Å²) in [5.41, 5.74) is 3.73. The first kappa shape index (κ1) is 29.2. The Kier molecular flexibility index (Phi) is 9.29. The molecule has 4 aromatic rings. The molecule has 0 amide bonds. The van der Waals surface area contributed by atoms with Crippen LogP contribution in [0, 0.1) is 0 Å². The average Bonchev–Trinajstić information content (AvgIpc) is 2.94. The van der Waals surface area contributed by atoms with Crippen LogP contribution in [0.5, 0.6) is 0 Å². The summed E-state index contributed by atoms with van der Waals surface area (Å²) < 4.78 is 5.41. The lowest BCUT2D eigenvalue weighted by Gasteiger charge is -2.24. The van der Waals surface area contributed by atoms with E-state index >= 15 is 0 Å². The minimum Gasteiger partial charge on any atom is -0.478 e. The third-order valence-corrected chi connectivity index (χ3v) is 6.25. The topological polar surface area (TPSA) is 119 Å². The van der Waals surface area contributed by atoms with E-state index in [4.69, 9.17) is 14.5 Å². The monoisotopic (exact) mass is 554 g/mol. The summed E-state index contributed by atoms with van der Waals surface area (Å²) in [4.78, 5) is 47.3. The Morgan fingerprint density at radius 1 is 0.634 bits per heavy atom. The van der Waals surface area contributed by atoms with E-state index < -0.39 is 23.7 Å². The van der Waals surface area contributed by atoms with E-state index in [9.17, 15) is 24.6 Å². The van der Waals surface area contributed by atoms with Crippen molar-refractivity contribution in [2.45, 2.75) is 39.1 Å². The zero-order valence-corrected chi connectivity index (χ0v) is 22.7. The standard InChI is InChI=1S/C33H30O8/c1-33(2,40-32(38)27-16-14-25(20-29(27)31(36)37)18-23-11-7-4-8-12-23)41-39-21-26-15-13-24(19-28(26)30(34)35)17-22-9-5-3-6-10-22/h3-16,19-20H,17-18,21H2,1-2H3,(H,34,35)(H,36,37). The molecule has 0 heterocycles. The molecule has 2 N–H and O–H groups in total. The van der Waals surface area contributed by atoms with Crippen LogP contribution in [0.25, 0.3) is 0 Å². The fourth-order valence-electron chi connectivity index (χ4n) is 4.31. The average molecular weight is 555 g/mol. The van der Waals surface area contributed by atoms with Gasteiger partial charge >= 0.3 is 17.9 Å². The van der Waals surface area contributed by atoms with Crippen molar-refractivity contribution in [1.82, 2.24) is 0 Å². The molecule has 0 radical (unpaired) electrons. The largest absolute Gasteiger partial charge is 0.478 e. The minimum absolute atomic E-state index is 0.0681. The van der Waals surface area contributed by atoms with Crippen molar-refractivity contribution < 1.29 is 39.1 Å². The molecule has 0 saturated heterocycles. The molecule has 4 rings (SSSR count). The van der Waals surface area contributed by atoms with Crippen LogP contribution in [0.4, 0.5) is 0 Å². The minimum atomic E-state index is -1.60. The van der Waals surface area contributed by atoms with Crippen molar-refractivity contribution in [2.24, 2.45) is 0 Å². The van der Waals surface area contributed by atoms with Gasteiger partial charge in [0.25, 0.3) is 0 Å². The molecule has 8 heteroatoms. The number of ether oxygens (including phenoxy) is 1. The van der Waals surface area contributed by atoms with Gasteiger partial charge in [0.1, 0.15) is 6.61 Å². The SMILES string of the molecule is CC(C)(OOCc1ccc(Cc2ccccc2)cc1C(=O)O)OC(=O)c1ccc(Cc2ccccc2)cc1C(=O)O. The number of hydrogen-bond donors (Lipinski definition) is 2. The van der Waals surface area contributed by atoms with Crippen LogP contribution in [-0.2, 0) is 34.0 Å². The molecule has 0 atom stereocenters. The zero-order valence-electron chi connectivity index (χ0n) is 22.7. The summed E-state index contributed by atoms with van der Waals surface area (Å²) >= 11 is 0. The Bertz CT molecular complexity index is 1530. The van der Waals surface area contributed by atoms with Gasteiger partial charge in [-0.15, -0.1) is 0 Å². The zero-order chi connectivity index (χ0) is 29.4. The van der Waals surface area contributed by atoms with E-state index in [-0.39, 0.29) is 23.3 Å². The van der Waals surface area contributed by atoms with Crippen LogP contribution in [0.1, 0.15) is 72.7 Å². The molecule has 0 aliphatic carbocycles. The molecule has 0 saturated carbocycles. The van der Waals surface area contributed by atoms with Gasteiger partial charge in [-0.2, -0.15) is 4.89 Å². The second-order valence-corrected chi connectivity index (χ2v) is 9.94. The first-order chi connectivity index (χ1) is 19.6. The van der Waals surface area contributed by atoms with E-state index in [0.717, 1.165) is 22.3 Å². The summed E-state index contributed by atoms with van der Waals surface area (Å²) in [5, 5.41) is 19.5. The fourth-order valence-corrected chi connectivity index (χ4v) is 4.31. The normalized spacial score (nSPS) is 11.2. The maximum atomic E-state index is 12.9. The predicted molar refractivity (Wildman–Crippen MR) is 151 cm³/mol. The number of carbonyl (C=O) groups excluding carboxylic acids is 1. The van der Waals surface area contributed by atoms with E-state index in [2.05, 4.69) is 0 Å². The number of hydrogen-bond acceptors (Lipinski definition) is 6. The highest BCUT2D eigenvalue weighted by atomic mass is 17.2. The van der Waals surface area contributed by atoms with Gasteiger partial charge in [0.2, 0.25) is 5.79 Å². The molecule has 0 spiro atoms. The smallest absolute Gasteiger partial charge is 0.341 e. The molecule has 0 unspecified atom stereocenters. The number of rotatable bonds is 12. The highest BCUT2D eigenvalue weighted by molar-refractivity contribution is 6.02. The van der Waals surface area contributed by atoms with Gasteiger partial charge in [0, 0.05) is 13.8 Å². The van der Waals surface area contributed by atoms with Crippen LogP contribution in [0.15, 0.2) is 97.1 Å². The summed E-state index contributed by atoms with van der Waals surface area (Å²) in [7, 11) is 0. The van der Waals surface area contributed by atoms with Gasteiger partial charge in [0.05, 0.1) is 16.7 Å². The van der Waals surface area contributed by atoms with E-state index in [1.807, 2.05) is 66.7 Å². The first-order valence-electron chi connectivity index (χ1n) is 12.9. The van der Waals surface area contributed by atoms with Crippen LogP contribution in [0.2, 0.25) is 0 Å². The molecule has 0 bridgehead atoms. The maximum Gasteiger partial charge on any atom is 0.341 e. The third-order valence-electron chi connectivity index (χ3n) is 6.25. The maximum absolute atomic E-state index is 12.9. The van der Waals surface area contributed by atoms with Crippen LogP contribution in [0.3, 0.4) is 0 Å². The van der Waals surface area contributed by atoms with Gasteiger partial charge in [-0.3, -0.25) is 0 Å². The quantitative estimate of drug-likeness (QED) is 0.0906. The van der Waals surface area contributed by atoms with Crippen molar-refractivity contribution in [3.63, 3.8) is 0 Å². The summed E-state index contributed by atoms with van der Waals surface area (Å²) in [5.74, 6) is -4.88. The highest BCUT2D eigenvalue weighted by Gasteiger charge is 2.29. The Morgan fingerprint density at radius 2 is 1.15 bits per heavy atom. The van der Waals surface area contributed by atoms with Crippen molar-refractivity contribution in [2.75, 3.05) is 0 Å².